The predicted molar refractivity (Wildman–Crippen MR) is 225 cm³/mol. The van der Waals surface area contributed by atoms with Gasteiger partial charge in [-0.15, -0.1) is 0 Å². The largest absolute Gasteiger partial charge is 0.506 e. The quantitative estimate of drug-likeness (QED) is 0.189. The molecule has 0 aromatic heterocycles. The highest BCUT2D eigenvalue weighted by atomic mass is 16.6. The Morgan fingerprint density at radius 1 is 0.914 bits per heavy atom. The molecule has 2 saturated heterocycles. The fourth-order valence-corrected chi connectivity index (χ4v) is 10.4. The monoisotopic (exact) mass is 786 g/mol. The highest BCUT2D eigenvalue weighted by Crippen LogP contribution is 2.68. The molecule has 1 amide bonds. The van der Waals surface area contributed by atoms with E-state index in [2.05, 4.69) is 43.0 Å². The molecule has 2 aromatic rings. The van der Waals surface area contributed by atoms with E-state index in [-0.39, 0.29) is 46.9 Å². The van der Waals surface area contributed by atoms with Crippen molar-refractivity contribution in [3.63, 3.8) is 0 Å². The van der Waals surface area contributed by atoms with Crippen molar-refractivity contribution < 1.29 is 33.7 Å². The number of allylic oxidation sites excluding steroid dienone is 5. The molecule has 7 aliphatic rings. The number of fused-ring (bicyclic) bond motifs is 2. The lowest BCUT2D eigenvalue weighted by Gasteiger charge is -2.56. The van der Waals surface area contributed by atoms with Gasteiger partial charge in [-0.05, 0) is 98.8 Å². The molecule has 5 unspecified atom stereocenters. The molecule has 4 heterocycles. The van der Waals surface area contributed by atoms with Crippen LogP contribution >= 0.6 is 0 Å². The van der Waals surface area contributed by atoms with Crippen molar-refractivity contribution >= 4 is 23.5 Å². The van der Waals surface area contributed by atoms with Crippen molar-refractivity contribution in [1.82, 2.24) is 9.80 Å². The van der Waals surface area contributed by atoms with Crippen LogP contribution in [0.15, 0.2) is 83.0 Å². The van der Waals surface area contributed by atoms with Crippen molar-refractivity contribution in [2.24, 2.45) is 11.8 Å². The maximum Gasteiger partial charge on any atom is 0.249 e. The summed E-state index contributed by atoms with van der Waals surface area (Å²) in [7, 11) is 0. The maximum absolute atomic E-state index is 15.1. The minimum absolute atomic E-state index is 0.0651. The first-order chi connectivity index (χ1) is 27.5. The summed E-state index contributed by atoms with van der Waals surface area (Å²) in [6.07, 6.45) is 14.1. The molecule has 5 atom stereocenters. The lowest BCUT2D eigenvalue weighted by Crippen LogP contribution is -2.72. The number of aromatic hydroxyl groups is 1. The van der Waals surface area contributed by atoms with Gasteiger partial charge in [0.15, 0.2) is 22.8 Å². The number of amides is 1. The molecule has 3 fully saturated rings. The van der Waals surface area contributed by atoms with E-state index in [1.165, 1.54) is 11.1 Å². The topological polar surface area (TPSA) is 106 Å². The number of phenols is 1. The number of phenolic OH excluding ortho intramolecular Hbond substituents is 1. The van der Waals surface area contributed by atoms with Crippen molar-refractivity contribution in [2.45, 2.75) is 116 Å². The summed E-state index contributed by atoms with van der Waals surface area (Å²) >= 11 is 0. The van der Waals surface area contributed by atoms with Gasteiger partial charge in [0.2, 0.25) is 5.91 Å². The zero-order valence-electron chi connectivity index (χ0n) is 35.4. The molecule has 1 spiro atoms. The SMILES string of the molecule is CC(C)=CCCC1(C)C=Cc2c(O)c3c(c(CC=C(C)C)c2O1)OC12C(=CC4CC1C(C)(C)OC2(CC=C(C)C(=O)N1CCN(Cc2ccccc2)CC1)C4=O)C3=O. The van der Waals surface area contributed by atoms with E-state index < -0.39 is 28.3 Å². The zero-order chi connectivity index (χ0) is 41.4. The van der Waals surface area contributed by atoms with Crippen molar-refractivity contribution in [1.29, 1.82) is 0 Å². The molecular formula is C49H58N2O7. The lowest BCUT2D eigenvalue weighted by atomic mass is 9.51. The van der Waals surface area contributed by atoms with E-state index in [4.69, 9.17) is 14.2 Å². The second-order valence-electron chi connectivity index (χ2n) is 18.5. The summed E-state index contributed by atoms with van der Waals surface area (Å²) in [5.41, 5.74) is 1.07. The van der Waals surface area contributed by atoms with Crippen LogP contribution in [0.2, 0.25) is 0 Å². The Hall–Kier alpha value is -4.73. The van der Waals surface area contributed by atoms with Gasteiger partial charge in [0.05, 0.1) is 11.2 Å². The van der Waals surface area contributed by atoms with Gasteiger partial charge in [0, 0.05) is 67.7 Å². The molecular weight excluding hydrogens is 729 g/mol. The van der Waals surface area contributed by atoms with Crippen LogP contribution in [0.3, 0.4) is 0 Å². The number of ether oxygens (including phenoxy) is 3. The van der Waals surface area contributed by atoms with Crippen LogP contribution in [0.1, 0.15) is 108 Å². The van der Waals surface area contributed by atoms with Crippen LogP contribution in [0.4, 0.5) is 0 Å². The molecule has 4 bridgehead atoms. The molecule has 2 aromatic carbocycles. The van der Waals surface area contributed by atoms with Gasteiger partial charge in [0.1, 0.15) is 28.4 Å². The number of hydrogen-bond donors (Lipinski definition) is 1. The molecule has 1 saturated carbocycles. The van der Waals surface area contributed by atoms with E-state index in [9.17, 15) is 14.7 Å². The first kappa shape index (κ1) is 40.1. The number of nitrogens with zero attached hydrogens (tertiary/aromatic N) is 2. The van der Waals surface area contributed by atoms with Crippen LogP contribution in [-0.2, 0) is 27.3 Å². The Kier molecular flexibility index (Phi) is 10.0. The summed E-state index contributed by atoms with van der Waals surface area (Å²) in [6.45, 7) is 19.5. The molecule has 1 N–H and O–H groups in total. The molecule has 9 nitrogen and oxygen atoms in total. The third-order valence-electron chi connectivity index (χ3n) is 13.4. The van der Waals surface area contributed by atoms with Gasteiger partial charge in [-0.1, -0.05) is 65.8 Å². The number of ketones is 2. The number of piperazine rings is 1. The van der Waals surface area contributed by atoms with E-state index in [1.807, 2.05) is 75.9 Å². The van der Waals surface area contributed by atoms with Gasteiger partial charge in [0.25, 0.3) is 0 Å². The Morgan fingerprint density at radius 2 is 1.62 bits per heavy atom. The van der Waals surface area contributed by atoms with E-state index in [0.29, 0.717) is 60.4 Å². The lowest BCUT2D eigenvalue weighted by molar-refractivity contribution is -0.171. The average Bonchev–Trinajstić information content (AvgIpc) is 3.33. The van der Waals surface area contributed by atoms with Gasteiger partial charge in [-0.25, -0.2) is 0 Å². The van der Waals surface area contributed by atoms with Crippen molar-refractivity contribution in [2.75, 3.05) is 26.2 Å². The number of hydrogen-bond acceptors (Lipinski definition) is 8. The minimum Gasteiger partial charge on any atom is -0.506 e. The summed E-state index contributed by atoms with van der Waals surface area (Å²) in [4.78, 5) is 48.1. The Labute approximate surface area is 343 Å². The Balaban J connectivity index is 1.16. The van der Waals surface area contributed by atoms with E-state index in [0.717, 1.165) is 31.6 Å². The third kappa shape index (κ3) is 6.40. The van der Waals surface area contributed by atoms with Crippen molar-refractivity contribution in [3.8, 4) is 17.2 Å². The number of benzene rings is 2. The number of Topliss-reactive ketones (excluding diaryl/α,β-unsaturated/α-hetero) is 2. The predicted octanol–water partition coefficient (Wildman–Crippen LogP) is 8.50. The third-order valence-corrected chi connectivity index (χ3v) is 13.4. The van der Waals surface area contributed by atoms with E-state index >= 15 is 4.79 Å². The standard InChI is InChI=1S/C49H58N2O7/c1-30(2)13-12-20-47(8)21-19-35-40(52)39-41(53)37-27-34-28-38-46(6,7)58-48(44(34)54,49(37,38)57-43(39)36(42(35)56-47)17-16-31(3)4)22-18-32(5)45(55)51-25-23-50(24-26-51)29-33-14-10-9-11-15-33/h9-11,13-16,18-19,21,27,34,38,52H,12,17,20,22-26,28-29H2,1-8H3. The number of rotatable bonds is 10. The number of carbonyl (C=O) groups is 3. The molecule has 58 heavy (non-hydrogen) atoms. The smallest absolute Gasteiger partial charge is 0.249 e. The Morgan fingerprint density at radius 3 is 2.31 bits per heavy atom. The normalized spacial score (nSPS) is 29.1. The molecule has 9 rings (SSSR count). The average molecular weight is 787 g/mol. The van der Waals surface area contributed by atoms with Gasteiger partial charge >= 0.3 is 0 Å². The molecule has 306 valence electrons. The zero-order valence-corrected chi connectivity index (χ0v) is 35.4. The van der Waals surface area contributed by atoms with Gasteiger partial charge < -0.3 is 24.2 Å². The fourth-order valence-electron chi connectivity index (χ4n) is 10.4. The van der Waals surface area contributed by atoms with E-state index in [1.54, 1.807) is 13.0 Å². The van der Waals surface area contributed by atoms with Crippen LogP contribution in [0.25, 0.3) is 6.08 Å². The van der Waals surface area contributed by atoms with Crippen LogP contribution < -0.4 is 9.47 Å². The summed E-state index contributed by atoms with van der Waals surface area (Å²) in [5, 5.41) is 12.0. The van der Waals surface area contributed by atoms with Gasteiger partial charge in [-0.2, -0.15) is 0 Å². The molecule has 3 aliphatic carbocycles. The van der Waals surface area contributed by atoms with Crippen LogP contribution in [0.5, 0.6) is 17.2 Å². The van der Waals surface area contributed by atoms with Gasteiger partial charge in [-0.3, -0.25) is 19.3 Å². The summed E-state index contributed by atoms with van der Waals surface area (Å²) < 4.78 is 21.2. The maximum atomic E-state index is 15.1. The highest BCUT2D eigenvalue weighted by molar-refractivity contribution is 6.19. The summed E-state index contributed by atoms with van der Waals surface area (Å²) in [5.74, 6) is -0.949. The minimum atomic E-state index is -1.57. The molecule has 4 aliphatic heterocycles. The second-order valence-corrected chi connectivity index (χ2v) is 18.5. The highest BCUT2D eigenvalue weighted by Gasteiger charge is 2.81. The van der Waals surface area contributed by atoms with Crippen molar-refractivity contribution in [3.05, 3.63) is 105 Å². The first-order valence-electron chi connectivity index (χ1n) is 21.0. The number of carbonyl (C=O) groups excluding carboxylic acids is 3. The first-order valence-corrected chi connectivity index (χ1v) is 21.0. The fraction of sp³-hybridized carbons (Fsp3) is 0.490. The summed E-state index contributed by atoms with van der Waals surface area (Å²) in [6, 6.07) is 10.4. The molecule has 9 heteroatoms. The van der Waals surface area contributed by atoms with Crippen LogP contribution in [-0.4, -0.2) is 81.0 Å². The second kappa shape index (κ2) is 14.5. The van der Waals surface area contributed by atoms with Crippen LogP contribution in [0, 0.1) is 11.8 Å². The Bertz CT molecular complexity index is 2210. The molecule has 0 radical (unpaired) electrons.